The van der Waals surface area contributed by atoms with Gasteiger partial charge in [0.25, 0.3) is 5.91 Å². The maximum absolute atomic E-state index is 12.9. The van der Waals surface area contributed by atoms with Crippen LogP contribution in [0.3, 0.4) is 0 Å². The molecule has 2 heterocycles. The molecular weight excluding hydrogens is 306 g/mol. The Morgan fingerprint density at radius 3 is 2.75 bits per heavy atom. The second kappa shape index (κ2) is 6.41. The Balaban J connectivity index is 2.03. The van der Waals surface area contributed by atoms with E-state index in [2.05, 4.69) is 10.1 Å². The van der Waals surface area contributed by atoms with Gasteiger partial charge < -0.3 is 9.84 Å². The van der Waals surface area contributed by atoms with E-state index in [1.165, 1.54) is 0 Å². The Morgan fingerprint density at radius 1 is 1.33 bits per heavy atom. The third-order valence-corrected chi connectivity index (χ3v) is 4.10. The predicted octanol–water partition coefficient (Wildman–Crippen LogP) is 2.55. The van der Waals surface area contributed by atoms with E-state index in [1.54, 1.807) is 55.9 Å². The number of amides is 1. The van der Waals surface area contributed by atoms with E-state index < -0.39 is 5.72 Å². The molecule has 1 aliphatic heterocycles. The van der Waals surface area contributed by atoms with Crippen LogP contribution in [-0.4, -0.2) is 33.8 Å². The molecule has 1 aromatic carbocycles. The van der Waals surface area contributed by atoms with Crippen molar-refractivity contribution in [3.8, 4) is 5.75 Å². The van der Waals surface area contributed by atoms with Crippen LogP contribution in [0.5, 0.6) is 5.75 Å². The SMILES string of the molecule is CCC1=NN(C(=O)c2ccncc2)[C@](O)(c2cccc(OC)c2)C1. The number of hydrogen-bond donors (Lipinski definition) is 1. The van der Waals surface area contributed by atoms with Crippen LogP contribution in [0.15, 0.2) is 53.9 Å². The van der Waals surface area contributed by atoms with Gasteiger partial charge in [-0.1, -0.05) is 19.1 Å². The first-order valence-electron chi connectivity index (χ1n) is 7.76. The smallest absolute Gasteiger partial charge is 0.277 e. The van der Waals surface area contributed by atoms with Gasteiger partial charge in [-0.05, 0) is 30.7 Å². The van der Waals surface area contributed by atoms with Crippen LogP contribution in [0.1, 0.15) is 35.7 Å². The molecule has 6 heteroatoms. The first-order valence-corrected chi connectivity index (χ1v) is 7.76. The predicted molar refractivity (Wildman–Crippen MR) is 89.6 cm³/mol. The van der Waals surface area contributed by atoms with Crippen LogP contribution < -0.4 is 4.74 Å². The average Bonchev–Trinajstić information content (AvgIpc) is 3.00. The summed E-state index contributed by atoms with van der Waals surface area (Å²) in [6.07, 6.45) is 4.01. The molecule has 0 unspecified atom stereocenters. The van der Waals surface area contributed by atoms with E-state index >= 15 is 0 Å². The number of aromatic nitrogens is 1. The summed E-state index contributed by atoms with van der Waals surface area (Å²) >= 11 is 0. The molecule has 0 bridgehead atoms. The molecule has 1 amide bonds. The summed E-state index contributed by atoms with van der Waals surface area (Å²) < 4.78 is 5.23. The fourth-order valence-corrected chi connectivity index (χ4v) is 2.74. The summed E-state index contributed by atoms with van der Waals surface area (Å²) in [6.45, 7) is 1.95. The zero-order valence-electron chi connectivity index (χ0n) is 13.6. The third-order valence-electron chi connectivity index (χ3n) is 4.10. The largest absolute Gasteiger partial charge is 0.497 e. The summed E-state index contributed by atoms with van der Waals surface area (Å²) in [4.78, 5) is 16.8. The zero-order valence-corrected chi connectivity index (χ0v) is 13.6. The number of pyridine rings is 1. The highest BCUT2D eigenvalue weighted by atomic mass is 16.5. The minimum Gasteiger partial charge on any atom is -0.497 e. The van der Waals surface area contributed by atoms with Gasteiger partial charge in [0.05, 0.1) is 7.11 Å². The number of methoxy groups -OCH3 is 1. The normalized spacial score (nSPS) is 20.0. The Labute approximate surface area is 140 Å². The van der Waals surface area contributed by atoms with Crippen molar-refractivity contribution in [3.05, 3.63) is 59.9 Å². The van der Waals surface area contributed by atoms with Crippen molar-refractivity contribution in [1.29, 1.82) is 0 Å². The highest BCUT2D eigenvalue weighted by Gasteiger charge is 2.45. The lowest BCUT2D eigenvalue weighted by Gasteiger charge is -2.31. The van der Waals surface area contributed by atoms with Crippen molar-refractivity contribution >= 4 is 11.6 Å². The summed E-state index contributed by atoms with van der Waals surface area (Å²) in [5.74, 6) is 0.244. The van der Waals surface area contributed by atoms with Gasteiger partial charge in [0.15, 0.2) is 5.72 Å². The Morgan fingerprint density at radius 2 is 2.08 bits per heavy atom. The minimum atomic E-state index is -1.53. The van der Waals surface area contributed by atoms with Crippen LogP contribution in [0.25, 0.3) is 0 Å². The molecule has 3 rings (SSSR count). The molecule has 0 aliphatic carbocycles. The highest BCUT2D eigenvalue weighted by Crippen LogP contribution is 2.38. The van der Waals surface area contributed by atoms with Gasteiger partial charge >= 0.3 is 0 Å². The number of hydrogen-bond acceptors (Lipinski definition) is 5. The molecule has 0 fully saturated rings. The number of ether oxygens (including phenoxy) is 1. The van der Waals surface area contributed by atoms with Crippen LogP contribution in [0.4, 0.5) is 0 Å². The molecule has 1 aliphatic rings. The van der Waals surface area contributed by atoms with Crippen LogP contribution in [0.2, 0.25) is 0 Å². The minimum absolute atomic E-state index is 0.271. The fraction of sp³-hybridized carbons (Fsp3) is 0.278. The van der Waals surface area contributed by atoms with Crippen molar-refractivity contribution < 1.29 is 14.6 Å². The van der Waals surface area contributed by atoms with Gasteiger partial charge in [0, 0.05) is 35.7 Å². The Hall–Kier alpha value is -2.73. The summed E-state index contributed by atoms with van der Waals surface area (Å²) in [6, 6.07) is 10.3. The average molecular weight is 325 g/mol. The van der Waals surface area contributed by atoms with Crippen LogP contribution in [0, 0.1) is 0 Å². The lowest BCUT2D eigenvalue weighted by molar-refractivity contribution is -0.0766. The van der Waals surface area contributed by atoms with Crippen molar-refractivity contribution in [2.75, 3.05) is 7.11 Å². The molecule has 1 atom stereocenters. The standard InChI is InChI=1S/C18H19N3O3/c1-3-15-12-18(23,14-5-4-6-16(11-14)24-2)21(20-15)17(22)13-7-9-19-10-8-13/h4-11,23H,3,12H2,1-2H3/t18-/m1/s1. The molecule has 2 aromatic rings. The van der Waals surface area contributed by atoms with Crippen LogP contribution >= 0.6 is 0 Å². The van der Waals surface area contributed by atoms with E-state index in [-0.39, 0.29) is 12.3 Å². The maximum atomic E-state index is 12.9. The second-order valence-electron chi connectivity index (χ2n) is 5.60. The first-order chi connectivity index (χ1) is 11.6. The monoisotopic (exact) mass is 325 g/mol. The highest BCUT2D eigenvalue weighted by molar-refractivity contribution is 5.98. The van der Waals surface area contributed by atoms with Crippen molar-refractivity contribution in [1.82, 2.24) is 9.99 Å². The Bertz CT molecular complexity index is 776. The van der Waals surface area contributed by atoms with E-state index in [1.807, 2.05) is 6.92 Å². The number of carbonyl (C=O) groups excluding carboxylic acids is 1. The van der Waals surface area contributed by atoms with Gasteiger partial charge in [0.1, 0.15) is 5.75 Å². The number of rotatable bonds is 4. The number of aliphatic hydroxyl groups is 1. The summed E-state index contributed by atoms with van der Waals surface area (Å²) in [7, 11) is 1.56. The summed E-state index contributed by atoms with van der Waals surface area (Å²) in [5, 5.41) is 16.8. The molecule has 0 saturated heterocycles. The van der Waals surface area contributed by atoms with E-state index in [0.717, 1.165) is 10.7 Å². The van der Waals surface area contributed by atoms with Gasteiger partial charge in [-0.15, -0.1) is 0 Å². The van der Waals surface area contributed by atoms with E-state index in [9.17, 15) is 9.90 Å². The lowest BCUT2D eigenvalue weighted by Crippen LogP contribution is -2.43. The molecule has 6 nitrogen and oxygen atoms in total. The molecule has 1 N–H and O–H groups in total. The quantitative estimate of drug-likeness (QED) is 0.937. The topological polar surface area (TPSA) is 75.0 Å². The summed E-state index contributed by atoms with van der Waals surface area (Å²) in [5.41, 5.74) is 0.229. The molecule has 0 saturated carbocycles. The van der Waals surface area contributed by atoms with E-state index in [0.29, 0.717) is 23.3 Å². The molecule has 0 spiro atoms. The van der Waals surface area contributed by atoms with Gasteiger partial charge in [-0.25, -0.2) is 0 Å². The zero-order chi connectivity index (χ0) is 17.2. The van der Waals surface area contributed by atoms with Gasteiger partial charge in [-0.2, -0.15) is 10.1 Å². The van der Waals surface area contributed by atoms with Crippen molar-refractivity contribution in [2.45, 2.75) is 25.5 Å². The van der Waals surface area contributed by atoms with Gasteiger partial charge in [-0.3, -0.25) is 9.78 Å². The van der Waals surface area contributed by atoms with E-state index in [4.69, 9.17) is 4.74 Å². The number of benzene rings is 1. The Kier molecular flexibility index (Phi) is 4.31. The molecule has 24 heavy (non-hydrogen) atoms. The molecular formula is C18H19N3O3. The van der Waals surface area contributed by atoms with Crippen molar-refractivity contribution in [2.24, 2.45) is 5.10 Å². The lowest BCUT2D eigenvalue weighted by atomic mass is 9.96. The maximum Gasteiger partial charge on any atom is 0.277 e. The van der Waals surface area contributed by atoms with Gasteiger partial charge in [0.2, 0.25) is 0 Å². The number of hydrazone groups is 1. The second-order valence-corrected chi connectivity index (χ2v) is 5.60. The number of carbonyl (C=O) groups is 1. The molecule has 1 aromatic heterocycles. The molecule has 124 valence electrons. The molecule has 0 radical (unpaired) electrons. The third kappa shape index (κ3) is 2.76. The first kappa shape index (κ1) is 16.1. The van der Waals surface area contributed by atoms with Crippen LogP contribution in [-0.2, 0) is 5.72 Å². The fourth-order valence-electron chi connectivity index (χ4n) is 2.74. The van der Waals surface area contributed by atoms with Crippen molar-refractivity contribution in [3.63, 3.8) is 0 Å². The number of nitrogens with zero attached hydrogens (tertiary/aromatic N) is 3.